The maximum Gasteiger partial charge on any atom is 0.152 e. The Bertz CT molecular complexity index is 790. The molecule has 2 aromatic heterocycles. The molecule has 0 unspecified atom stereocenters. The van der Waals surface area contributed by atoms with E-state index in [1.165, 1.54) is 11.1 Å². The van der Waals surface area contributed by atoms with E-state index in [4.69, 9.17) is 10.7 Å². The normalized spacial score (nSPS) is 14.4. The van der Waals surface area contributed by atoms with Gasteiger partial charge >= 0.3 is 0 Å². The van der Waals surface area contributed by atoms with E-state index in [2.05, 4.69) is 33.6 Å². The van der Waals surface area contributed by atoms with Crippen LogP contribution >= 0.6 is 0 Å². The molecule has 4 rings (SSSR count). The van der Waals surface area contributed by atoms with Crippen molar-refractivity contribution in [2.24, 2.45) is 5.73 Å². The SMILES string of the molecule is NCc1c(N2CCc3ccccc3C2)nc2ccccn12. The highest BCUT2D eigenvalue weighted by atomic mass is 15.2. The summed E-state index contributed by atoms with van der Waals surface area (Å²) in [5, 5.41) is 0. The molecule has 4 heteroatoms. The smallest absolute Gasteiger partial charge is 0.152 e. The van der Waals surface area contributed by atoms with E-state index in [9.17, 15) is 0 Å². The van der Waals surface area contributed by atoms with Crippen molar-refractivity contribution in [2.45, 2.75) is 19.5 Å². The largest absolute Gasteiger partial charge is 0.350 e. The van der Waals surface area contributed by atoms with Crippen molar-refractivity contribution in [1.82, 2.24) is 9.38 Å². The lowest BCUT2D eigenvalue weighted by atomic mass is 10.00. The number of fused-ring (bicyclic) bond motifs is 2. The first-order valence-corrected chi connectivity index (χ1v) is 7.34. The first-order chi connectivity index (χ1) is 10.4. The highest BCUT2D eigenvalue weighted by Crippen LogP contribution is 2.27. The van der Waals surface area contributed by atoms with Gasteiger partial charge in [-0.05, 0) is 29.7 Å². The molecule has 1 aliphatic heterocycles. The molecule has 3 heterocycles. The third kappa shape index (κ3) is 1.99. The third-order valence-electron chi connectivity index (χ3n) is 4.23. The van der Waals surface area contributed by atoms with E-state index >= 15 is 0 Å². The van der Waals surface area contributed by atoms with Crippen LogP contribution in [0.25, 0.3) is 5.65 Å². The Hall–Kier alpha value is -2.33. The lowest BCUT2D eigenvalue weighted by Gasteiger charge is -2.29. The summed E-state index contributed by atoms with van der Waals surface area (Å²) >= 11 is 0. The first-order valence-electron chi connectivity index (χ1n) is 7.34. The summed E-state index contributed by atoms with van der Waals surface area (Å²) in [6.07, 6.45) is 3.10. The molecule has 3 aromatic rings. The van der Waals surface area contributed by atoms with Crippen LogP contribution < -0.4 is 10.6 Å². The van der Waals surface area contributed by atoms with Crippen LogP contribution in [0, 0.1) is 0 Å². The summed E-state index contributed by atoms with van der Waals surface area (Å²) < 4.78 is 2.09. The fourth-order valence-corrected chi connectivity index (χ4v) is 3.15. The Kier molecular flexibility index (Phi) is 2.89. The maximum atomic E-state index is 5.97. The minimum absolute atomic E-state index is 0.499. The topological polar surface area (TPSA) is 46.6 Å². The molecule has 0 saturated heterocycles. The fraction of sp³-hybridized carbons (Fsp3) is 0.235. The van der Waals surface area contributed by atoms with E-state index in [1.807, 2.05) is 24.4 Å². The summed E-state index contributed by atoms with van der Waals surface area (Å²) in [5.74, 6) is 1.03. The van der Waals surface area contributed by atoms with Crippen molar-refractivity contribution < 1.29 is 0 Å². The molecule has 1 aromatic carbocycles. The molecule has 0 radical (unpaired) electrons. The van der Waals surface area contributed by atoms with Crippen LogP contribution in [0.1, 0.15) is 16.8 Å². The number of nitrogens with zero attached hydrogens (tertiary/aromatic N) is 3. The van der Waals surface area contributed by atoms with Gasteiger partial charge in [-0.2, -0.15) is 0 Å². The van der Waals surface area contributed by atoms with Gasteiger partial charge in [-0.25, -0.2) is 4.98 Å². The highest BCUT2D eigenvalue weighted by molar-refractivity contribution is 5.57. The van der Waals surface area contributed by atoms with Gasteiger partial charge in [-0.15, -0.1) is 0 Å². The van der Waals surface area contributed by atoms with E-state index in [0.29, 0.717) is 6.54 Å². The van der Waals surface area contributed by atoms with Gasteiger partial charge in [0.15, 0.2) is 5.82 Å². The summed E-state index contributed by atoms with van der Waals surface area (Å²) in [4.78, 5) is 7.13. The van der Waals surface area contributed by atoms with Crippen molar-refractivity contribution in [3.8, 4) is 0 Å². The standard InChI is InChI=1S/C17H18N4/c18-11-15-17(19-16-7-3-4-9-21(15)16)20-10-8-13-5-1-2-6-14(13)12-20/h1-7,9H,8,10-12,18H2. The van der Waals surface area contributed by atoms with Crippen LogP contribution in [0.4, 0.5) is 5.82 Å². The number of hydrogen-bond donors (Lipinski definition) is 1. The number of imidazole rings is 1. The summed E-state index contributed by atoms with van der Waals surface area (Å²) in [6, 6.07) is 14.7. The van der Waals surface area contributed by atoms with Crippen molar-refractivity contribution in [3.05, 3.63) is 65.5 Å². The van der Waals surface area contributed by atoms with Gasteiger partial charge in [0, 0.05) is 25.8 Å². The van der Waals surface area contributed by atoms with Crippen molar-refractivity contribution in [1.29, 1.82) is 0 Å². The third-order valence-corrected chi connectivity index (χ3v) is 4.23. The zero-order valence-corrected chi connectivity index (χ0v) is 11.9. The molecule has 1 aliphatic rings. The molecule has 2 N–H and O–H groups in total. The van der Waals surface area contributed by atoms with Gasteiger partial charge in [0.2, 0.25) is 0 Å². The Morgan fingerprint density at radius 3 is 2.71 bits per heavy atom. The van der Waals surface area contributed by atoms with Crippen molar-refractivity contribution in [2.75, 3.05) is 11.4 Å². The van der Waals surface area contributed by atoms with Crippen LogP contribution in [0.5, 0.6) is 0 Å². The Labute approximate surface area is 123 Å². The van der Waals surface area contributed by atoms with Gasteiger partial charge in [0.25, 0.3) is 0 Å². The van der Waals surface area contributed by atoms with Crippen LogP contribution in [-0.4, -0.2) is 15.9 Å². The van der Waals surface area contributed by atoms with Gasteiger partial charge in [-0.1, -0.05) is 30.3 Å². The van der Waals surface area contributed by atoms with Crippen LogP contribution in [-0.2, 0) is 19.5 Å². The minimum Gasteiger partial charge on any atom is -0.350 e. The zero-order valence-electron chi connectivity index (χ0n) is 11.9. The molecule has 4 nitrogen and oxygen atoms in total. The number of hydrogen-bond acceptors (Lipinski definition) is 3. The fourth-order valence-electron chi connectivity index (χ4n) is 3.15. The highest BCUT2D eigenvalue weighted by Gasteiger charge is 2.21. The molecular weight excluding hydrogens is 260 g/mol. The maximum absolute atomic E-state index is 5.97. The quantitative estimate of drug-likeness (QED) is 0.782. The first kappa shape index (κ1) is 12.4. The van der Waals surface area contributed by atoms with Crippen molar-refractivity contribution >= 4 is 11.5 Å². The second-order valence-electron chi connectivity index (χ2n) is 5.46. The molecule has 0 aliphatic carbocycles. The average molecular weight is 278 g/mol. The molecule has 0 amide bonds. The van der Waals surface area contributed by atoms with Gasteiger partial charge in [0.05, 0.1) is 5.69 Å². The van der Waals surface area contributed by atoms with E-state index in [-0.39, 0.29) is 0 Å². The average Bonchev–Trinajstić information content (AvgIpc) is 2.93. The summed E-state index contributed by atoms with van der Waals surface area (Å²) in [5.41, 5.74) is 10.9. The summed E-state index contributed by atoms with van der Waals surface area (Å²) in [7, 11) is 0. The monoisotopic (exact) mass is 278 g/mol. The van der Waals surface area contributed by atoms with Gasteiger partial charge in [-0.3, -0.25) is 0 Å². The summed E-state index contributed by atoms with van der Waals surface area (Å²) in [6.45, 7) is 2.40. The van der Waals surface area contributed by atoms with E-state index in [0.717, 1.165) is 36.7 Å². The number of pyridine rings is 1. The number of rotatable bonds is 2. The van der Waals surface area contributed by atoms with E-state index < -0.39 is 0 Å². The van der Waals surface area contributed by atoms with E-state index in [1.54, 1.807) is 0 Å². The van der Waals surface area contributed by atoms with Crippen LogP contribution in [0.3, 0.4) is 0 Å². The van der Waals surface area contributed by atoms with Crippen LogP contribution in [0.2, 0.25) is 0 Å². The lowest BCUT2D eigenvalue weighted by molar-refractivity contribution is 0.717. The Morgan fingerprint density at radius 2 is 1.86 bits per heavy atom. The van der Waals surface area contributed by atoms with Gasteiger partial charge < -0.3 is 15.0 Å². The number of benzene rings is 1. The minimum atomic E-state index is 0.499. The second-order valence-corrected chi connectivity index (χ2v) is 5.46. The molecule has 0 bridgehead atoms. The second kappa shape index (κ2) is 4.90. The molecule has 0 saturated carbocycles. The number of aromatic nitrogens is 2. The van der Waals surface area contributed by atoms with Gasteiger partial charge in [0.1, 0.15) is 5.65 Å². The predicted octanol–water partition coefficient (Wildman–Crippen LogP) is 2.36. The number of anilines is 1. The molecule has 21 heavy (non-hydrogen) atoms. The van der Waals surface area contributed by atoms with Crippen molar-refractivity contribution in [3.63, 3.8) is 0 Å². The molecule has 0 spiro atoms. The molecule has 0 fully saturated rings. The lowest BCUT2D eigenvalue weighted by Crippen LogP contribution is -2.31. The Balaban J connectivity index is 1.78. The number of nitrogens with two attached hydrogens (primary N) is 1. The van der Waals surface area contributed by atoms with Crippen LogP contribution in [0.15, 0.2) is 48.7 Å². The predicted molar refractivity (Wildman–Crippen MR) is 84.3 cm³/mol. The molecule has 0 atom stereocenters. The molecular formula is C17H18N4. The zero-order chi connectivity index (χ0) is 14.2. The molecule has 106 valence electrons. The Morgan fingerprint density at radius 1 is 1.05 bits per heavy atom.